The number of aryl methyl sites for hydroxylation is 1. The lowest BCUT2D eigenvalue weighted by Crippen LogP contribution is -2.24. The maximum Gasteiger partial charge on any atom is 0.251 e. The Hall–Kier alpha value is -2.31. The highest BCUT2D eigenvalue weighted by atomic mass is 79.9. The first-order chi connectivity index (χ1) is 12.5. The summed E-state index contributed by atoms with van der Waals surface area (Å²) in [6, 6.07) is 15.0. The van der Waals surface area contributed by atoms with Gasteiger partial charge in [0.2, 0.25) is 0 Å². The van der Waals surface area contributed by atoms with E-state index in [1.54, 1.807) is 24.0 Å². The second kappa shape index (κ2) is 8.38. The number of hydrogen-bond acceptors (Lipinski definition) is 3. The molecule has 7 heteroatoms. The number of benzene rings is 2. The third-order valence-corrected chi connectivity index (χ3v) is 4.63. The van der Waals surface area contributed by atoms with E-state index >= 15 is 0 Å². The summed E-state index contributed by atoms with van der Waals surface area (Å²) in [6.45, 7) is 0.693. The predicted molar refractivity (Wildman–Crippen MR) is 104 cm³/mol. The van der Waals surface area contributed by atoms with Gasteiger partial charge in [0, 0.05) is 17.1 Å². The minimum Gasteiger partial charge on any atom is -0.489 e. The molecule has 1 N–H and O–H groups in total. The molecule has 3 rings (SSSR count). The van der Waals surface area contributed by atoms with Crippen molar-refractivity contribution in [3.05, 3.63) is 81.0 Å². The largest absolute Gasteiger partial charge is 0.489 e. The molecule has 5 nitrogen and oxygen atoms in total. The molecular weight excluding hydrogens is 418 g/mol. The summed E-state index contributed by atoms with van der Waals surface area (Å²) >= 11 is 9.47. The van der Waals surface area contributed by atoms with Crippen molar-refractivity contribution in [2.75, 3.05) is 0 Å². The molecule has 0 radical (unpaired) electrons. The molecule has 0 unspecified atom stereocenters. The van der Waals surface area contributed by atoms with E-state index in [2.05, 4.69) is 26.3 Å². The first-order valence-electron chi connectivity index (χ1n) is 7.95. The highest BCUT2D eigenvalue weighted by Crippen LogP contribution is 2.19. The third-order valence-electron chi connectivity index (χ3n) is 3.82. The molecular formula is C19H17BrClN3O2. The highest BCUT2D eigenvalue weighted by Gasteiger charge is 2.10. The van der Waals surface area contributed by atoms with Crippen LogP contribution >= 0.6 is 27.5 Å². The normalized spacial score (nSPS) is 10.6. The number of amides is 1. The Morgan fingerprint density at radius 2 is 2.08 bits per heavy atom. The van der Waals surface area contributed by atoms with Gasteiger partial charge in [-0.2, -0.15) is 5.10 Å². The maximum absolute atomic E-state index is 12.4. The fourth-order valence-corrected chi connectivity index (χ4v) is 3.04. The zero-order valence-electron chi connectivity index (χ0n) is 14.1. The smallest absolute Gasteiger partial charge is 0.251 e. The number of carbonyl (C=O) groups excluding carboxylic acids is 1. The molecule has 0 fully saturated rings. The van der Waals surface area contributed by atoms with Crippen molar-refractivity contribution in [2.45, 2.75) is 13.2 Å². The maximum atomic E-state index is 12.4. The zero-order chi connectivity index (χ0) is 18.5. The second-order valence-electron chi connectivity index (χ2n) is 5.69. The molecule has 2 aromatic carbocycles. The molecule has 1 aromatic heterocycles. The number of halogens is 2. The summed E-state index contributed by atoms with van der Waals surface area (Å²) < 4.78 is 8.37. The third kappa shape index (κ3) is 4.65. The standard InChI is InChI=1S/C19H17BrClN3O2/c1-24-18(17(21)10-23-24)11-22-19(25)14-5-2-4-13(8-14)12-26-16-7-3-6-15(20)9-16/h2-10H,11-12H2,1H3,(H,22,25). The van der Waals surface area contributed by atoms with E-state index in [0.717, 1.165) is 21.5 Å². The van der Waals surface area contributed by atoms with E-state index in [-0.39, 0.29) is 5.91 Å². The molecule has 0 aliphatic carbocycles. The summed E-state index contributed by atoms with van der Waals surface area (Å²) in [7, 11) is 1.78. The van der Waals surface area contributed by atoms with E-state index in [9.17, 15) is 4.79 Å². The van der Waals surface area contributed by atoms with Gasteiger partial charge < -0.3 is 10.1 Å². The van der Waals surface area contributed by atoms with Crippen molar-refractivity contribution in [1.29, 1.82) is 0 Å². The first-order valence-corrected chi connectivity index (χ1v) is 9.12. The molecule has 0 aliphatic heterocycles. The van der Waals surface area contributed by atoms with Crippen LogP contribution in [0.15, 0.2) is 59.2 Å². The van der Waals surface area contributed by atoms with Gasteiger partial charge in [0.05, 0.1) is 23.5 Å². The van der Waals surface area contributed by atoms with Gasteiger partial charge in [-0.15, -0.1) is 0 Å². The highest BCUT2D eigenvalue weighted by molar-refractivity contribution is 9.10. The van der Waals surface area contributed by atoms with E-state index in [1.165, 1.54) is 0 Å². The quantitative estimate of drug-likeness (QED) is 0.628. The van der Waals surface area contributed by atoms with Crippen molar-refractivity contribution in [2.24, 2.45) is 7.05 Å². The minimum atomic E-state index is -0.174. The van der Waals surface area contributed by atoms with Gasteiger partial charge >= 0.3 is 0 Å². The fourth-order valence-electron chi connectivity index (χ4n) is 2.43. The Morgan fingerprint density at radius 3 is 2.81 bits per heavy atom. The van der Waals surface area contributed by atoms with Gasteiger partial charge in [-0.25, -0.2) is 0 Å². The number of ether oxygens (including phenoxy) is 1. The van der Waals surface area contributed by atoms with Crippen molar-refractivity contribution in [3.63, 3.8) is 0 Å². The van der Waals surface area contributed by atoms with Crippen LogP contribution in [0.4, 0.5) is 0 Å². The van der Waals surface area contributed by atoms with E-state index in [1.807, 2.05) is 42.5 Å². The Morgan fingerprint density at radius 1 is 1.27 bits per heavy atom. The van der Waals surface area contributed by atoms with Crippen LogP contribution in [0.25, 0.3) is 0 Å². The lowest BCUT2D eigenvalue weighted by molar-refractivity contribution is 0.0950. The summed E-state index contributed by atoms with van der Waals surface area (Å²) in [5.41, 5.74) is 2.24. The summed E-state index contributed by atoms with van der Waals surface area (Å²) in [6.07, 6.45) is 1.56. The molecule has 26 heavy (non-hydrogen) atoms. The number of rotatable bonds is 6. The first kappa shape index (κ1) is 18.5. The van der Waals surface area contributed by atoms with E-state index in [0.29, 0.717) is 23.7 Å². The number of nitrogens with zero attached hydrogens (tertiary/aromatic N) is 2. The van der Waals surface area contributed by atoms with E-state index < -0.39 is 0 Å². The van der Waals surface area contributed by atoms with Gasteiger partial charge in [-0.05, 0) is 35.9 Å². The van der Waals surface area contributed by atoms with Gasteiger partial charge in [0.1, 0.15) is 12.4 Å². The molecule has 0 atom stereocenters. The van der Waals surface area contributed by atoms with Crippen LogP contribution in [0.2, 0.25) is 5.02 Å². The van der Waals surface area contributed by atoms with Crippen LogP contribution in [-0.4, -0.2) is 15.7 Å². The van der Waals surface area contributed by atoms with Crippen LogP contribution in [0.5, 0.6) is 5.75 Å². The second-order valence-corrected chi connectivity index (χ2v) is 7.01. The Bertz CT molecular complexity index is 907. The van der Waals surface area contributed by atoms with E-state index in [4.69, 9.17) is 16.3 Å². The average molecular weight is 435 g/mol. The minimum absolute atomic E-state index is 0.174. The molecule has 1 heterocycles. The number of nitrogens with one attached hydrogen (secondary N) is 1. The fraction of sp³-hybridized carbons (Fsp3) is 0.158. The SMILES string of the molecule is Cn1ncc(Cl)c1CNC(=O)c1cccc(COc2cccc(Br)c2)c1. The molecule has 0 aliphatic rings. The zero-order valence-corrected chi connectivity index (χ0v) is 16.4. The summed E-state index contributed by atoms with van der Waals surface area (Å²) in [5.74, 6) is 0.589. The Labute approximate surface area is 165 Å². The van der Waals surface area contributed by atoms with Crippen LogP contribution in [0.3, 0.4) is 0 Å². The molecule has 134 valence electrons. The summed E-state index contributed by atoms with van der Waals surface area (Å²) in [5, 5.41) is 7.45. The van der Waals surface area contributed by atoms with Gasteiger partial charge in [0.15, 0.2) is 0 Å². The molecule has 3 aromatic rings. The van der Waals surface area contributed by atoms with Crippen LogP contribution in [0, 0.1) is 0 Å². The Kier molecular flexibility index (Phi) is 5.96. The predicted octanol–water partition coefficient (Wildman–Crippen LogP) is 4.35. The topological polar surface area (TPSA) is 56.2 Å². The van der Waals surface area contributed by atoms with Gasteiger partial charge in [0.25, 0.3) is 5.91 Å². The molecule has 0 bridgehead atoms. The number of hydrogen-bond donors (Lipinski definition) is 1. The van der Waals surface area contributed by atoms with Crippen LogP contribution in [-0.2, 0) is 20.2 Å². The lowest BCUT2D eigenvalue weighted by Gasteiger charge is -2.09. The number of carbonyl (C=O) groups is 1. The molecule has 0 spiro atoms. The molecule has 0 saturated heterocycles. The molecule has 1 amide bonds. The van der Waals surface area contributed by atoms with Crippen LogP contribution < -0.4 is 10.1 Å². The molecule has 0 saturated carbocycles. The van der Waals surface area contributed by atoms with Gasteiger partial charge in [-0.1, -0.05) is 45.7 Å². The average Bonchev–Trinajstić information content (AvgIpc) is 2.96. The number of aromatic nitrogens is 2. The van der Waals surface area contributed by atoms with Crippen molar-refractivity contribution >= 4 is 33.4 Å². The van der Waals surface area contributed by atoms with Crippen molar-refractivity contribution < 1.29 is 9.53 Å². The van der Waals surface area contributed by atoms with Crippen molar-refractivity contribution in [3.8, 4) is 5.75 Å². The monoisotopic (exact) mass is 433 g/mol. The van der Waals surface area contributed by atoms with Gasteiger partial charge in [-0.3, -0.25) is 9.48 Å². The Balaban J connectivity index is 1.62. The lowest BCUT2D eigenvalue weighted by atomic mass is 10.1. The van der Waals surface area contributed by atoms with Crippen molar-refractivity contribution in [1.82, 2.24) is 15.1 Å². The van der Waals surface area contributed by atoms with Crippen LogP contribution in [0.1, 0.15) is 21.6 Å². The summed E-state index contributed by atoms with van der Waals surface area (Å²) in [4.78, 5) is 12.4.